The van der Waals surface area contributed by atoms with Crippen molar-refractivity contribution in [3.63, 3.8) is 0 Å². The molecular formula is C12H14O4. The molecule has 0 aromatic carbocycles. The Balaban J connectivity index is 2.24. The fraction of sp³-hybridized carbons (Fsp3) is 0.417. The summed E-state index contributed by atoms with van der Waals surface area (Å²) in [5.41, 5.74) is 0.860. The van der Waals surface area contributed by atoms with E-state index in [0.717, 1.165) is 5.57 Å². The first-order valence-corrected chi connectivity index (χ1v) is 5.21. The number of aliphatic hydroxyl groups excluding tert-OH is 1. The van der Waals surface area contributed by atoms with Gasteiger partial charge < -0.3 is 14.3 Å². The van der Waals surface area contributed by atoms with Crippen molar-refractivity contribution < 1.29 is 19.1 Å². The fourth-order valence-corrected chi connectivity index (χ4v) is 1.97. The van der Waals surface area contributed by atoms with E-state index in [-0.39, 0.29) is 11.9 Å². The first-order valence-electron chi connectivity index (χ1n) is 5.21. The SMILES string of the molecule is COC(=O)[C@@H]1C=C(c2ccco2)C[C@H](O)C1. The minimum Gasteiger partial charge on any atom is -0.469 e. The van der Waals surface area contributed by atoms with Crippen LogP contribution in [0.5, 0.6) is 0 Å². The summed E-state index contributed by atoms with van der Waals surface area (Å²) < 4.78 is 9.93. The number of carbonyl (C=O) groups is 1. The smallest absolute Gasteiger partial charge is 0.312 e. The molecule has 2 atom stereocenters. The van der Waals surface area contributed by atoms with E-state index in [4.69, 9.17) is 4.42 Å². The molecule has 0 aliphatic heterocycles. The molecule has 4 heteroatoms. The number of furan rings is 1. The molecule has 0 bridgehead atoms. The Morgan fingerprint density at radius 1 is 1.62 bits per heavy atom. The molecule has 1 aliphatic carbocycles. The minimum absolute atomic E-state index is 0.317. The largest absolute Gasteiger partial charge is 0.469 e. The van der Waals surface area contributed by atoms with E-state index in [1.165, 1.54) is 7.11 Å². The molecule has 0 unspecified atom stereocenters. The standard InChI is InChI=1S/C12H14O4/c1-15-12(14)9-5-8(6-10(13)7-9)11-3-2-4-16-11/h2-5,9-10,13H,6-7H2,1H3/t9-,10+/m1/s1. The number of rotatable bonds is 2. The van der Waals surface area contributed by atoms with Crippen molar-refractivity contribution in [1.29, 1.82) is 0 Å². The topological polar surface area (TPSA) is 59.7 Å². The van der Waals surface area contributed by atoms with Crippen LogP contribution < -0.4 is 0 Å². The number of esters is 1. The molecule has 0 amide bonds. The van der Waals surface area contributed by atoms with Crippen LogP contribution in [-0.4, -0.2) is 24.3 Å². The van der Waals surface area contributed by atoms with E-state index in [0.29, 0.717) is 18.6 Å². The number of aliphatic hydroxyl groups is 1. The van der Waals surface area contributed by atoms with Gasteiger partial charge >= 0.3 is 5.97 Å². The average Bonchev–Trinajstić information content (AvgIpc) is 2.80. The molecule has 0 saturated carbocycles. The zero-order valence-corrected chi connectivity index (χ0v) is 9.05. The van der Waals surface area contributed by atoms with Crippen molar-refractivity contribution in [1.82, 2.24) is 0 Å². The van der Waals surface area contributed by atoms with Gasteiger partial charge in [-0.25, -0.2) is 0 Å². The van der Waals surface area contributed by atoms with Crippen molar-refractivity contribution in [2.45, 2.75) is 18.9 Å². The Bertz CT molecular complexity index is 391. The maximum absolute atomic E-state index is 11.4. The maximum atomic E-state index is 11.4. The third-order valence-electron chi connectivity index (χ3n) is 2.73. The van der Waals surface area contributed by atoms with Crippen molar-refractivity contribution >= 4 is 11.5 Å². The van der Waals surface area contributed by atoms with Gasteiger partial charge in [-0.3, -0.25) is 4.79 Å². The fourth-order valence-electron chi connectivity index (χ4n) is 1.97. The van der Waals surface area contributed by atoms with Gasteiger partial charge in [-0.15, -0.1) is 0 Å². The van der Waals surface area contributed by atoms with Crippen molar-refractivity contribution in [3.8, 4) is 0 Å². The lowest BCUT2D eigenvalue weighted by Gasteiger charge is -2.22. The molecule has 0 saturated heterocycles. The zero-order valence-electron chi connectivity index (χ0n) is 9.05. The molecule has 1 aromatic rings. The lowest BCUT2D eigenvalue weighted by atomic mass is 9.87. The van der Waals surface area contributed by atoms with Crippen LogP contribution in [0.2, 0.25) is 0 Å². The van der Waals surface area contributed by atoms with Crippen LogP contribution in [0, 0.1) is 5.92 Å². The van der Waals surface area contributed by atoms with E-state index in [1.54, 1.807) is 12.3 Å². The second-order valence-corrected chi connectivity index (χ2v) is 3.89. The normalized spacial score (nSPS) is 25.0. The van der Waals surface area contributed by atoms with Gasteiger partial charge in [-0.05, 0) is 24.1 Å². The summed E-state index contributed by atoms with van der Waals surface area (Å²) in [6.45, 7) is 0. The first-order chi connectivity index (χ1) is 7.70. The number of hydrogen-bond donors (Lipinski definition) is 1. The molecule has 0 spiro atoms. The van der Waals surface area contributed by atoms with Crippen molar-refractivity contribution in [3.05, 3.63) is 30.2 Å². The molecule has 0 fully saturated rings. The maximum Gasteiger partial charge on any atom is 0.312 e. The molecule has 1 aromatic heterocycles. The Labute approximate surface area is 93.5 Å². The molecule has 0 radical (unpaired) electrons. The highest BCUT2D eigenvalue weighted by Crippen LogP contribution is 2.30. The van der Waals surface area contributed by atoms with Gasteiger partial charge in [-0.1, -0.05) is 6.08 Å². The monoisotopic (exact) mass is 222 g/mol. The van der Waals surface area contributed by atoms with Crippen LogP contribution in [-0.2, 0) is 9.53 Å². The number of ether oxygens (including phenoxy) is 1. The van der Waals surface area contributed by atoms with Gasteiger partial charge in [0, 0.05) is 6.42 Å². The van der Waals surface area contributed by atoms with E-state index >= 15 is 0 Å². The summed E-state index contributed by atoms with van der Waals surface area (Å²) >= 11 is 0. The van der Waals surface area contributed by atoms with Gasteiger partial charge in [-0.2, -0.15) is 0 Å². The average molecular weight is 222 g/mol. The molecular weight excluding hydrogens is 208 g/mol. The van der Waals surface area contributed by atoms with Crippen LogP contribution in [0.1, 0.15) is 18.6 Å². The molecule has 1 aliphatic rings. The molecule has 2 rings (SSSR count). The van der Waals surface area contributed by atoms with Crippen LogP contribution in [0.15, 0.2) is 28.9 Å². The molecule has 16 heavy (non-hydrogen) atoms. The lowest BCUT2D eigenvalue weighted by Crippen LogP contribution is -2.25. The van der Waals surface area contributed by atoms with Crippen LogP contribution in [0.4, 0.5) is 0 Å². The van der Waals surface area contributed by atoms with E-state index in [2.05, 4.69) is 4.74 Å². The van der Waals surface area contributed by atoms with E-state index in [9.17, 15) is 9.90 Å². The molecule has 86 valence electrons. The zero-order chi connectivity index (χ0) is 11.5. The van der Waals surface area contributed by atoms with E-state index < -0.39 is 6.10 Å². The lowest BCUT2D eigenvalue weighted by molar-refractivity contribution is -0.144. The van der Waals surface area contributed by atoms with Gasteiger partial charge in [0.1, 0.15) is 5.76 Å². The summed E-state index contributed by atoms with van der Waals surface area (Å²) in [5, 5.41) is 9.70. The minimum atomic E-state index is -0.519. The predicted molar refractivity (Wildman–Crippen MR) is 57.4 cm³/mol. The summed E-state index contributed by atoms with van der Waals surface area (Å²) in [6.07, 6.45) is 3.80. The third kappa shape index (κ3) is 2.17. The number of methoxy groups -OCH3 is 1. The highest BCUT2D eigenvalue weighted by Gasteiger charge is 2.27. The van der Waals surface area contributed by atoms with Crippen LogP contribution in [0.25, 0.3) is 5.57 Å². The predicted octanol–water partition coefficient (Wildman–Crippen LogP) is 1.61. The Kier molecular flexibility index (Phi) is 3.10. The Morgan fingerprint density at radius 2 is 2.44 bits per heavy atom. The highest BCUT2D eigenvalue weighted by molar-refractivity contribution is 5.78. The van der Waals surface area contributed by atoms with Crippen LogP contribution >= 0.6 is 0 Å². The number of carbonyl (C=O) groups excluding carboxylic acids is 1. The number of hydrogen-bond acceptors (Lipinski definition) is 4. The Morgan fingerprint density at radius 3 is 3.06 bits per heavy atom. The molecule has 4 nitrogen and oxygen atoms in total. The van der Waals surface area contributed by atoms with Crippen LogP contribution in [0.3, 0.4) is 0 Å². The molecule has 1 N–H and O–H groups in total. The summed E-state index contributed by atoms with van der Waals surface area (Å²) in [7, 11) is 1.35. The highest BCUT2D eigenvalue weighted by atomic mass is 16.5. The van der Waals surface area contributed by atoms with Crippen molar-refractivity contribution in [2.75, 3.05) is 7.11 Å². The molecule has 1 heterocycles. The Hall–Kier alpha value is -1.55. The van der Waals surface area contributed by atoms with Gasteiger partial charge in [0.2, 0.25) is 0 Å². The van der Waals surface area contributed by atoms with Gasteiger partial charge in [0.25, 0.3) is 0 Å². The quantitative estimate of drug-likeness (QED) is 0.772. The first kappa shape index (κ1) is 11.0. The van der Waals surface area contributed by atoms with Gasteiger partial charge in [0.15, 0.2) is 0 Å². The van der Waals surface area contributed by atoms with Crippen molar-refractivity contribution in [2.24, 2.45) is 5.92 Å². The summed E-state index contributed by atoms with van der Waals surface area (Å²) in [6, 6.07) is 3.60. The second-order valence-electron chi connectivity index (χ2n) is 3.89. The van der Waals surface area contributed by atoms with Gasteiger partial charge in [0.05, 0.1) is 25.4 Å². The summed E-state index contributed by atoms with van der Waals surface area (Å²) in [4.78, 5) is 11.4. The third-order valence-corrected chi connectivity index (χ3v) is 2.73. The summed E-state index contributed by atoms with van der Waals surface area (Å²) in [5.74, 6) is 0.00399. The second kappa shape index (κ2) is 4.53. The van der Waals surface area contributed by atoms with E-state index in [1.807, 2.05) is 12.1 Å².